The number of aryl methyl sites for hydroxylation is 2. The van der Waals surface area contributed by atoms with Crippen molar-refractivity contribution in [2.75, 3.05) is 0 Å². The SMILES string of the molecule is Cc1c(C(=O)O)n(C)c2cc(F)c(Cl)cc12. The average molecular weight is 242 g/mol. The lowest BCUT2D eigenvalue weighted by atomic mass is 10.1. The number of benzene rings is 1. The molecule has 1 heterocycles. The summed E-state index contributed by atoms with van der Waals surface area (Å²) in [6.07, 6.45) is 0. The van der Waals surface area contributed by atoms with Gasteiger partial charge in [0.1, 0.15) is 11.5 Å². The summed E-state index contributed by atoms with van der Waals surface area (Å²) in [5.41, 5.74) is 1.26. The third kappa shape index (κ3) is 1.38. The van der Waals surface area contributed by atoms with Gasteiger partial charge in [-0.3, -0.25) is 0 Å². The van der Waals surface area contributed by atoms with E-state index in [1.807, 2.05) is 0 Å². The lowest BCUT2D eigenvalue weighted by molar-refractivity contribution is 0.0686. The molecular weight excluding hydrogens is 233 g/mol. The molecule has 16 heavy (non-hydrogen) atoms. The number of carboxylic acids is 1. The van der Waals surface area contributed by atoms with Crippen molar-refractivity contribution < 1.29 is 14.3 Å². The summed E-state index contributed by atoms with van der Waals surface area (Å²) in [6.45, 7) is 1.68. The van der Waals surface area contributed by atoms with Gasteiger partial charge in [-0.05, 0) is 24.6 Å². The van der Waals surface area contributed by atoms with Crippen LogP contribution in [0.25, 0.3) is 10.9 Å². The Morgan fingerprint density at radius 2 is 2.12 bits per heavy atom. The van der Waals surface area contributed by atoms with Gasteiger partial charge in [0.15, 0.2) is 0 Å². The Kier molecular flexibility index (Phi) is 2.39. The maximum atomic E-state index is 13.3. The first-order chi connectivity index (χ1) is 7.43. The summed E-state index contributed by atoms with van der Waals surface area (Å²) >= 11 is 5.67. The molecule has 2 rings (SSSR count). The van der Waals surface area contributed by atoms with E-state index in [9.17, 15) is 9.18 Å². The minimum atomic E-state index is -1.03. The molecule has 0 atom stereocenters. The van der Waals surface area contributed by atoms with Crippen molar-refractivity contribution in [2.45, 2.75) is 6.92 Å². The van der Waals surface area contributed by atoms with Gasteiger partial charge in [-0.15, -0.1) is 0 Å². The van der Waals surface area contributed by atoms with Crippen molar-refractivity contribution in [1.82, 2.24) is 4.57 Å². The van der Waals surface area contributed by atoms with Crippen LogP contribution in [0.2, 0.25) is 5.02 Å². The van der Waals surface area contributed by atoms with Gasteiger partial charge in [0.05, 0.1) is 10.5 Å². The first kappa shape index (κ1) is 11.0. The second-order valence-electron chi connectivity index (χ2n) is 3.62. The van der Waals surface area contributed by atoms with E-state index in [1.165, 1.54) is 16.7 Å². The Labute approximate surface area is 96.1 Å². The van der Waals surface area contributed by atoms with Crippen molar-refractivity contribution in [3.63, 3.8) is 0 Å². The van der Waals surface area contributed by atoms with E-state index < -0.39 is 11.8 Å². The molecule has 84 valence electrons. The van der Waals surface area contributed by atoms with Crippen LogP contribution in [0, 0.1) is 12.7 Å². The minimum absolute atomic E-state index is 0.00172. The highest BCUT2D eigenvalue weighted by atomic mass is 35.5. The lowest BCUT2D eigenvalue weighted by Gasteiger charge is -1.99. The molecule has 0 bridgehead atoms. The van der Waals surface area contributed by atoms with Gasteiger partial charge in [0.2, 0.25) is 0 Å². The molecule has 3 nitrogen and oxygen atoms in total. The number of nitrogens with zero attached hydrogens (tertiary/aromatic N) is 1. The number of aromatic carboxylic acids is 1. The van der Waals surface area contributed by atoms with E-state index in [2.05, 4.69) is 0 Å². The number of fused-ring (bicyclic) bond motifs is 1. The molecular formula is C11H9ClFNO2. The molecule has 0 radical (unpaired) electrons. The molecule has 0 spiro atoms. The van der Waals surface area contributed by atoms with E-state index in [1.54, 1.807) is 14.0 Å². The number of hydrogen-bond acceptors (Lipinski definition) is 1. The van der Waals surface area contributed by atoms with Crippen LogP contribution in [-0.2, 0) is 7.05 Å². The first-order valence-corrected chi connectivity index (χ1v) is 4.98. The Hall–Kier alpha value is -1.55. The van der Waals surface area contributed by atoms with Gasteiger partial charge in [-0.25, -0.2) is 9.18 Å². The largest absolute Gasteiger partial charge is 0.477 e. The summed E-state index contributed by atoms with van der Waals surface area (Å²) in [5, 5.41) is 9.70. The van der Waals surface area contributed by atoms with Crippen LogP contribution in [-0.4, -0.2) is 15.6 Å². The number of rotatable bonds is 1. The summed E-state index contributed by atoms with van der Waals surface area (Å²) in [7, 11) is 1.59. The zero-order valence-electron chi connectivity index (χ0n) is 8.71. The highest BCUT2D eigenvalue weighted by molar-refractivity contribution is 6.31. The van der Waals surface area contributed by atoms with Gasteiger partial charge in [0.25, 0.3) is 0 Å². The predicted molar refractivity (Wildman–Crippen MR) is 59.6 cm³/mol. The third-order valence-electron chi connectivity index (χ3n) is 2.70. The molecule has 1 N–H and O–H groups in total. The fraction of sp³-hybridized carbons (Fsp3) is 0.182. The molecule has 0 aliphatic heterocycles. The Balaban J connectivity index is 2.94. The van der Waals surface area contributed by atoms with Crippen LogP contribution < -0.4 is 0 Å². The highest BCUT2D eigenvalue weighted by Gasteiger charge is 2.18. The monoisotopic (exact) mass is 241 g/mol. The van der Waals surface area contributed by atoms with Crippen molar-refractivity contribution in [3.05, 3.63) is 34.2 Å². The zero-order valence-corrected chi connectivity index (χ0v) is 9.47. The molecule has 0 unspecified atom stereocenters. The number of aromatic nitrogens is 1. The number of carbonyl (C=O) groups is 1. The van der Waals surface area contributed by atoms with Crippen LogP contribution in [0.15, 0.2) is 12.1 Å². The minimum Gasteiger partial charge on any atom is -0.477 e. The normalized spacial score (nSPS) is 11.0. The highest BCUT2D eigenvalue weighted by Crippen LogP contribution is 2.29. The molecule has 5 heteroatoms. The van der Waals surface area contributed by atoms with Crippen LogP contribution >= 0.6 is 11.6 Å². The first-order valence-electron chi connectivity index (χ1n) is 4.60. The Morgan fingerprint density at radius 1 is 1.50 bits per heavy atom. The maximum absolute atomic E-state index is 13.3. The fourth-order valence-corrected chi connectivity index (χ4v) is 2.08. The van der Waals surface area contributed by atoms with E-state index in [4.69, 9.17) is 16.7 Å². The Bertz CT molecular complexity index is 559. The molecule has 0 aliphatic carbocycles. The number of carboxylic acid groups (broad SMARTS) is 1. The molecule has 0 aliphatic rings. The van der Waals surface area contributed by atoms with Crippen molar-refractivity contribution in [3.8, 4) is 0 Å². The van der Waals surface area contributed by atoms with E-state index in [-0.39, 0.29) is 10.7 Å². The third-order valence-corrected chi connectivity index (χ3v) is 2.99. The zero-order chi connectivity index (χ0) is 12.0. The van der Waals surface area contributed by atoms with Crippen LogP contribution in [0.1, 0.15) is 16.1 Å². The number of hydrogen-bond donors (Lipinski definition) is 1. The molecule has 0 saturated carbocycles. The predicted octanol–water partition coefficient (Wildman–Crippen LogP) is 2.98. The van der Waals surface area contributed by atoms with E-state index in [0.29, 0.717) is 16.5 Å². The topological polar surface area (TPSA) is 42.2 Å². The molecule has 0 fully saturated rings. The van der Waals surface area contributed by atoms with Gasteiger partial charge in [-0.2, -0.15) is 0 Å². The second kappa shape index (κ2) is 3.49. The quantitative estimate of drug-likeness (QED) is 0.834. The van der Waals surface area contributed by atoms with Gasteiger partial charge >= 0.3 is 5.97 Å². The summed E-state index contributed by atoms with van der Waals surface area (Å²) in [5.74, 6) is -1.58. The Morgan fingerprint density at radius 3 is 2.69 bits per heavy atom. The smallest absolute Gasteiger partial charge is 0.352 e. The van der Waals surface area contributed by atoms with Gasteiger partial charge in [-0.1, -0.05) is 11.6 Å². The van der Waals surface area contributed by atoms with E-state index in [0.717, 1.165) is 0 Å². The maximum Gasteiger partial charge on any atom is 0.352 e. The molecule has 0 saturated heterocycles. The molecule has 1 aromatic carbocycles. The summed E-state index contributed by atoms with van der Waals surface area (Å²) in [4.78, 5) is 11.0. The molecule has 2 aromatic rings. The van der Waals surface area contributed by atoms with Gasteiger partial charge < -0.3 is 9.67 Å². The van der Waals surface area contributed by atoms with Crippen molar-refractivity contribution in [2.24, 2.45) is 7.05 Å². The van der Waals surface area contributed by atoms with Crippen molar-refractivity contribution >= 4 is 28.5 Å². The van der Waals surface area contributed by atoms with Gasteiger partial charge in [0, 0.05) is 12.4 Å². The number of halogens is 2. The van der Waals surface area contributed by atoms with Crippen LogP contribution in [0.5, 0.6) is 0 Å². The second-order valence-corrected chi connectivity index (χ2v) is 4.03. The summed E-state index contributed by atoms with van der Waals surface area (Å²) in [6, 6.07) is 2.70. The fourth-order valence-electron chi connectivity index (χ4n) is 1.92. The molecule has 0 amide bonds. The standard InChI is InChI=1S/C11H9ClFNO2/c1-5-6-3-7(12)8(13)4-9(6)14(2)10(5)11(15)16/h3-4H,1-2H3,(H,15,16). The van der Waals surface area contributed by atoms with E-state index >= 15 is 0 Å². The van der Waals surface area contributed by atoms with Crippen LogP contribution in [0.3, 0.4) is 0 Å². The average Bonchev–Trinajstić information content (AvgIpc) is 2.41. The lowest BCUT2D eigenvalue weighted by Crippen LogP contribution is -2.05. The van der Waals surface area contributed by atoms with Crippen LogP contribution in [0.4, 0.5) is 4.39 Å². The summed E-state index contributed by atoms with van der Waals surface area (Å²) < 4.78 is 14.7. The molecule has 1 aromatic heterocycles. The van der Waals surface area contributed by atoms with Crippen molar-refractivity contribution in [1.29, 1.82) is 0 Å².